The molecule has 1 fully saturated rings. The Hall–Kier alpha value is -1.62. The first-order valence-electron chi connectivity index (χ1n) is 5.84. The molecule has 2 rings (SSSR count). The number of amides is 1. The Kier molecular flexibility index (Phi) is 3.58. The zero-order chi connectivity index (χ0) is 12.3. The quantitative estimate of drug-likeness (QED) is 0.751. The van der Waals surface area contributed by atoms with Gasteiger partial charge in [0.1, 0.15) is 6.04 Å². The Labute approximate surface area is 101 Å². The summed E-state index contributed by atoms with van der Waals surface area (Å²) in [5, 5.41) is 5.96. The van der Waals surface area contributed by atoms with Crippen LogP contribution in [0.15, 0.2) is 18.3 Å². The van der Waals surface area contributed by atoms with Gasteiger partial charge >= 0.3 is 0 Å². The molecule has 1 aliphatic heterocycles. The van der Waals surface area contributed by atoms with Gasteiger partial charge in [-0.15, -0.1) is 0 Å². The number of piperazine rings is 1. The summed E-state index contributed by atoms with van der Waals surface area (Å²) < 4.78 is 0. The van der Waals surface area contributed by atoms with Crippen molar-refractivity contribution in [3.8, 4) is 0 Å². The third kappa shape index (κ3) is 2.55. The maximum absolute atomic E-state index is 11.8. The van der Waals surface area contributed by atoms with Crippen LogP contribution in [-0.2, 0) is 4.79 Å². The predicted octanol–water partition coefficient (Wildman–Crippen LogP) is -0.0858. The smallest absolute Gasteiger partial charge is 0.243 e. The average Bonchev–Trinajstić information content (AvgIpc) is 2.38. The van der Waals surface area contributed by atoms with Crippen LogP contribution in [0.3, 0.4) is 0 Å². The maximum Gasteiger partial charge on any atom is 0.243 e. The van der Waals surface area contributed by atoms with E-state index in [9.17, 15) is 4.79 Å². The van der Waals surface area contributed by atoms with Crippen LogP contribution < -0.4 is 15.5 Å². The fourth-order valence-corrected chi connectivity index (χ4v) is 2.12. The lowest BCUT2D eigenvalue weighted by atomic mass is 10.1. The molecule has 0 aromatic carbocycles. The highest BCUT2D eigenvalue weighted by Gasteiger charge is 2.27. The maximum atomic E-state index is 11.8. The molecule has 0 bridgehead atoms. The van der Waals surface area contributed by atoms with Gasteiger partial charge < -0.3 is 15.5 Å². The number of rotatable bonds is 2. The molecular formula is C12H18N4O. The molecule has 92 valence electrons. The lowest BCUT2D eigenvalue weighted by Gasteiger charge is -2.36. The Morgan fingerprint density at radius 1 is 1.65 bits per heavy atom. The molecule has 0 radical (unpaired) electrons. The van der Waals surface area contributed by atoms with Gasteiger partial charge in [0.15, 0.2) is 0 Å². The zero-order valence-electron chi connectivity index (χ0n) is 10.2. The third-order valence-corrected chi connectivity index (χ3v) is 3.00. The van der Waals surface area contributed by atoms with E-state index in [2.05, 4.69) is 20.5 Å². The number of likely N-dealkylation sites (N-methyl/N-ethyl adjacent to an activating group) is 1. The zero-order valence-corrected chi connectivity index (χ0v) is 10.2. The van der Waals surface area contributed by atoms with E-state index in [1.54, 1.807) is 13.2 Å². The molecule has 1 saturated heterocycles. The van der Waals surface area contributed by atoms with Gasteiger partial charge in [0.2, 0.25) is 5.91 Å². The van der Waals surface area contributed by atoms with E-state index in [0.717, 1.165) is 24.5 Å². The summed E-state index contributed by atoms with van der Waals surface area (Å²) in [7, 11) is 1.67. The molecule has 1 atom stereocenters. The highest BCUT2D eigenvalue weighted by molar-refractivity contribution is 5.85. The van der Waals surface area contributed by atoms with Gasteiger partial charge in [0.25, 0.3) is 0 Å². The lowest BCUT2D eigenvalue weighted by molar-refractivity contribution is -0.122. The number of nitrogens with one attached hydrogen (secondary N) is 2. The summed E-state index contributed by atoms with van der Waals surface area (Å²) in [6.07, 6.45) is 1.79. The lowest BCUT2D eigenvalue weighted by Crippen LogP contribution is -2.57. The van der Waals surface area contributed by atoms with Crippen LogP contribution in [0.25, 0.3) is 0 Å². The van der Waals surface area contributed by atoms with Crippen LogP contribution in [0.1, 0.15) is 5.69 Å². The van der Waals surface area contributed by atoms with Crippen molar-refractivity contribution in [1.82, 2.24) is 15.6 Å². The number of hydrogen-bond donors (Lipinski definition) is 2. The Bertz CT molecular complexity index is 407. The second-order valence-electron chi connectivity index (χ2n) is 4.18. The molecule has 0 saturated carbocycles. The minimum atomic E-state index is -0.143. The third-order valence-electron chi connectivity index (χ3n) is 3.00. The highest BCUT2D eigenvalue weighted by atomic mass is 16.2. The standard InChI is InChI=1S/C12H18N4O/c1-9-7-10(3-4-15-9)16-6-5-14-8-11(16)12(17)13-2/h3-4,7,11,14H,5-6,8H2,1-2H3,(H,13,17). The van der Waals surface area contributed by atoms with Crippen LogP contribution in [-0.4, -0.2) is 43.6 Å². The molecule has 1 aromatic rings. The Balaban J connectivity index is 2.24. The summed E-state index contributed by atoms with van der Waals surface area (Å²) in [4.78, 5) is 18.1. The highest BCUT2D eigenvalue weighted by Crippen LogP contribution is 2.18. The average molecular weight is 234 g/mol. The predicted molar refractivity (Wildman–Crippen MR) is 67.0 cm³/mol. The first kappa shape index (κ1) is 11.9. The molecule has 1 aromatic heterocycles. The number of hydrogen-bond acceptors (Lipinski definition) is 4. The summed E-state index contributed by atoms with van der Waals surface area (Å²) in [6, 6.07) is 3.82. The molecule has 0 aliphatic carbocycles. The van der Waals surface area contributed by atoms with Crippen molar-refractivity contribution in [3.63, 3.8) is 0 Å². The summed E-state index contributed by atoms with van der Waals surface area (Å²) in [5.74, 6) is 0.0478. The van der Waals surface area contributed by atoms with Gasteiger partial charge in [-0.3, -0.25) is 9.78 Å². The molecule has 5 nitrogen and oxygen atoms in total. The molecule has 1 amide bonds. The minimum Gasteiger partial charge on any atom is -0.357 e. The number of carbonyl (C=O) groups is 1. The Morgan fingerprint density at radius 2 is 2.47 bits per heavy atom. The van der Waals surface area contributed by atoms with Crippen molar-refractivity contribution in [2.75, 3.05) is 31.6 Å². The van der Waals surface area contributed by atoms with Crippen molar-refractivity contribution in [2.24, 2.45) is 0 Å². The van der Waals surface area contributed by atoms with E-state index in [0.29, 0.717) is 6.54 Å². The van der Waals surface area contributed by atoms with Gasteiger partial charge in [-0.25, -0.2) is 0 Å². The Morgan fingerprint density at radius 3 is 3.18 bits per heavy atom. The number of pyridine rings is 1. The summed E-state index contributed by atoms with van der Waals surface area (Å²) >= 11 is 0. The van der Waals surface area contributed by atoms with Crippen LogP contribution in [0.5, 0.6) is 0 Å². The van der Waals surface area contributed by atoms with Crippen molar-refractivity contribution in [2.45, 2.75) is 13.0 Å². The van der Waals surface area contributed by atoms with E-state index in [-0.39, 0.29) is 11.9 Å². The van der Waals surface area contributed by atoms with E-state index in [1.807, 2.05) is 19.1 Å². The van der Waals surface area contributed by atoms with Crippen molar-refractivity contribution < 1.29 is 4.79 Å². The SMILES string of the molecule is CNC(=O)C1CNCCN1c1ccnc(C)c1. The van der Waals surface area contributed by atoms with Gasteiger partial charge in [-0.1, -0.05) is 0 Å². The summed E-state index contributed by atoms with van der Waals surface area (Å²) in [6.45, 7) is 4.37. The number of aryl methyl sites for hydroxylation is 1. The second-order valence-corrected chi connectivity index (χ2v) is 4.18. The molecule has 1 aliphatic rings. The van der Waals surface area contributed by atoms with E-state index in [1.165, 1.54) is 0 Å². The van der Waals surface area contributed by atoms with Gasteiger partial charge in [0, 0.05) is 44.3 Å². The van der Waals surface area contributed by atoms with Crippen molar-refractivity contribution >= 4 is 11.6 Å². The van der Waals surface area contributed by atoms with E-state index in [4.69, 9.17) is 0 Å². The van der Waals surface area contributed by atoms with Crippen LogP contribution in [0.2, 0.25) is 0 Å². The monoisotopic (exact) mass is 234 g/mol. The van der Waals surface area contributed by atoms with E-state index < -0.39 is 0 Å². The van der Waals surface area contributed by atoms with Gasteiger partial charge in [0.05, 0.1) is 0 Å². The van der Waals surface area contributed by atoms with Crippen LogP contribution >= 0.6 is 0 Å². The largest absolute Gasteiger partial charge is 0.357 e. The van der Waals surface area contributed by atoms with Crippen molar-refractivity contribution in [3.05, 3.63) is 24.0 Å². The topological polar surface area (TPSA) is 57.3 Å². The molecule has 5 heteroatoms. The minimum absolute atomic E-state index is 0.0478. The van der Waals surface area contributed by atoms with Crippen LogP contribution in [0.4, 0.5) is 5.69 Å². The molecule has 17 heavy (non-hydrogen) atoms. The van der Waals surface area contributed by atoms with Crippen molar-refractivity contribution in [1.29, 1.82) is 0 Å². The second kappa shape index (κ2) is 5.14. The number of carbonyl (C=O) groups excluding carboxylic acids is 1. The number of anilines is 1. The fourth-order valence-electron chi connectivity index (χ4n) is 2.12. The molecule has 2 N–H and O–H groups in total. The molecule has 2 heterocycles. The van der Waals surface area contributed by atoms with Gasteiger partial charge in [-0.2, -0.15) is 0 Å². The summed E-state index contributed by atoms with van der Waals surface area (Å²) in [5.41, 5.74) is 2.03. The normalized spacial score (nSPS) is 20.1. The number of nitrogens with zero attached hydrogens (tertiary/aromatic N) is 2. The fraction of sp³-hybridized carbons (Fsp3) is 0.500. The molecule has 0 spiro atoms. The van der Waals surface area contributed by atoms with Gasteiger partial charge in [-0.05, 0) is 19.1 Å². The van der Waals surface area contributed by atoms with E-state index >= 15 is 0 Å². The molecular weight excluding hydrogens is 216 g/mol. The van der Waals surface area contributed by atoms with Crippen LogP contribution in [0, 0.1) is 6.92 Å². The first-order valence-corrected chi connectivity index (χ1v) is 5.84. The molecule has 1 unspecified atom stereocenters. The first-order chi connectivity index (χ1) is 8.22. The number of aromatic nitrogens is 1.